The van der Waals surface area contributed by atoms with Gasteiger partial charge in [-0.05, 0) is 86.7 Å². The summed E-state index contributed by atoms with van der Waals surface area (Å²) in [5.74, 6) is 0.426. The molecule has 0 radical (unpaired) electrons. The second-order valence-corrected chi connectivity index (χ2v) is 11.3. The van der Waals surface area contributed by atoms with E-state index >= 15 is 0 Å². The third-order valence-corrected chi connectivity index (χ3v) is 9.18. The summed E-state index contributed by atoms with van der Waals surface area (Å²) in [6.45, 7) is 5.90. The van der Waals surface area contributed by atoms with E-state index in [0.29, 0.717) is 29.9 Å². The van der Waals surface area contributed by atoms with Crippen LogP contribution in [0.25, 0.3) is 11.1 Å². The molecule has 0 spiro atoms. The quantitative estimate of drug-likeness (QED) is 0.648. The van der Waals surface area contributed by atoms with Crippen molar-refractivity contribution in [3.8, 4) is 11.1 Å². The molecule has 2 saturated heterocycles. The molecular formula is C26H36N2O3S. The van der Waals surface area contributed by atoms with Gasteiger partial charge in [0.15, 0.2) is 0 Å². The highest BCUT2D eigenvalue weighted by molar-refractivity contribution is 7.89. The lowest BCUT2D eigenvalue weighted by molar-refractivity contribution is 0.208. The average Bonchev–Trinajstić information content (AvgIpc) is 3.23. The van der Waals surface area contributed by atoms with Crippen LogP contribution in [0, 0.1) is 5.92 Å². The molecule has 174 valence electrons. The van der Waals surface area contributed by atoms with E-state index in [0.717, 1.165) is 43.4 Å². The molecule has 1 N–H and O–H groups in total. The fourth-order valence-corrected chi connectivity index (χ4v) is 6.52. The zero-order valence-corrected chi connectivity index (χ0v) is 19.9. The SMILES string of the molecule is C[C@@H]1CCCN1CCc1ccc(-c2ccc(S(=O)(=O)N3CCC(CCO)CC3)cc2)cc1. The highest BCUT2D eigenvalue weighted by atomic mass is 32.2. The lowest BCUT2D eigenvalue weighted by Gasteiger charge is -2.31. The molecule has 5 nitrogen and oxygen atoms in total. The van der Waals surface area contributed by atoms with Crippen molar-refractivity contribution in [1.82, 2.24) is 9.21 Å². The highest BCUT2D eigenvalue weighted by Gasteiger charge is 2.29. The summed E-state index contributed by atoms with van der Waals surface area (Å²) in [6.07, 6.45) is 6.10. The van der Waals surface area contributed by atoms with E-state index in [1.807, 2.05) is 12.1 Å². The third kappa shape index (κ3) is 5.42. The first-order valence-corrected chi connectivity index (χ1v) is 13.5. The Morgan fingerprint density at radius 2 is 1.53 bits per heavy atom. The fraction of sp³-hybridized carbons (Fsp3) is 0.538. The Kier molecular flexibility index (Phi) is 7.66. The van der Waals surface area contributed by atoms with Gasteiger partial charge in [0, 0.05) is 32.3 Å². The fourth-order valence-electron chi connectivity index (χ4n) is 5.05. The zero-order chi connectivity index (χ0) is 22.6. The smallest absolute Gasteiger partial charge is 0.243 e. The number of rotatable bonds is 8. The molecule has 2 fully saturated rings. The van der Waals surface area contributed by atoms with Gasteiger partial charge in [-0.3, -0.25) is 0 Å². The van der Waals surface area contributed by atoms with Gasteiger partial charge in [-0.2, -0.15) is 4.31 Å². The molecule has 2 aliphatic heterocycles. The van der Waals surface area contributed by atoms with Crippen molar-refractivity contribution in [2.24, 2.45) is 5.92 Å². The van der Waals surface area contributed by atoms with Gasteiger partial charge in [0.1, 0.15) is 0 Å². The number of sulfonamides is 1. The van der Waals surface area contributed by atoms with Gasteiger partial charge in [-0.15, -0.1) is 0 Å². The first kappa shape index (κ1) is 23.4. The zero-order valence-electron chi connectivity index (χ0n) is 19.1. The van der Waals surface area contributed by atoms with Gasteiger partial charge in [-0.1, -0.05) is 36.4 Å². The number of piperidine rings is 1. The molecule has 0 unspecified atom stereocenters. The Balaban J connectivity index is 1.36. The minimum atomic E-state index is -3.46. The van der Waals surface area contributed by atoms with Gasteiger partial charge in [0.25, 0.3) is 0 Å². The molecule has 6 heteroatoms. The molecule has 2 aromatic rings. The summed E-state index contributed by atoms with van der Waals surface area (Å²) in [4.78, 5) is 2.93. The largest absolute Gasteiger partial charge is 0.396 e. The molecule has 2 aromatic carbocycles. The van der Waals surface area contributed by atoms with Crippen molar-refractivity contribution >= 4 is 10.0 Å². The molecular weight excluding hydrogens is 420 g/mol. The Labute approximate surface area is 193 Å². The minimum absolute atomic E-state index is 0.178. The van der Waals surface area contributed by atoms with Gasteiger partial charge >= 0.3 is 0 Å². The first-order valence-electron chi connectivity index (χ1n) is 12.0. The highest BCUT2D eigenvalue weighted by Crippen LogP contribution is 2.27. The van der Waals surface area contributed by atoms with Crippen LogP contribution in [0.2, 0.25) is 0 Å². The lowest BCUT2D eigenvalue weighted by atomic mass is 9.95. The summed E-state index contributed by atoms with van der Waals surface area (Å²) in [6, 6.07) is 16.6. The molecule has 0 amide bonds. The Morgan fingerprint density at radius 1 is 0.906 bits per heavy atom. The van der Waals surface area contributed by atoms with Crippen LogP contribution >= 0.6 is 0 Å². The molecule has 0 saturated carbocycles. The summed E-state index contributed by atoms with van der Waals surface area (Å²) >= 11 is 0. The van der Waals surface area contributed by atoms with Gasteiger partial charge in [0.05, 0.1) is 4.90 Å². The molecule has 0 aromatic heterocycles. The van der Waals surface area contributed by atoms with Crippen molar-refractivity contribution in [2.75, 3.05) is 32.8 Å². The lowest BCUT2D eigenvalue weighted by Crippen LogP contribution is -2.38. The predicted molar refractivity (Wildman–Crippen MR) is 129 cm³/mol. The van der Waals surface area contributed by atoms with E-state index in [4.69, 9.17) is 5.11 Å². The summed E-state index contributed by atoms with van der Waals surface area (Å²) < 4.78 is 27.6. The number of hydrogen-bond donors (Lipinski definition) is 1. The average molecular weight is 457 g/mol. The number of aliphatic hydroxyl groups excluding tert-OH is 1. The maximum Gasteiger partial charge on any atom is 0.243 e. The Hall–Kier alpha value is -1.73. The van der Waals surface area contributed by atoms with Crippen molar-refractivity contribution in [1.29, 1.82) is 0 Å². The van der Waals surface area contributed by atoms with E-state index in [2.05, 4.69) is 36.1 Å². The van der Waals surface area contributed by atoms with Crippen molar-refractivity contribution < 1.29 is 13.5 Å². The standard InChI is InChI=1S/C26H36N2O3S/c1-21-3-2-16-27(21)17-12-22-4-6-24(7-5-22)25-8-10-26(11-9-25)32(30,31)28-18-13-23(14-19-28)15-20-29/h4-11,21,23,29H,2-3,12-20H2,1H3/t21-/m1/s1. The van der Waals surface area contributed by atoms with Crippen LogP contribution in [-0.2, 0) is 16.4 Å². The summed E-state index contributed by atoms with van der Waals surface area (Å²) in [5, 5.41) is 9.10. The number of hydrogen-bond acceptors (Lipinski definition) is 4. The van der Waals surface area contributed by atoms with Gasteiger partial charge < -0.3 is 10.0 Å². The molecule has 32 heavy (non-hydrogen) atoms. The number of likely N-dealkylation sites (tertiary alicyclic amines) is 1. The third-order valence-electron chi connectivity index (χ3n) is 7.27. The van der Waals surface area contributed by atoms with E-state index in [1.165, 1.54) is 24.9 Å². The molecule has 0 aliphatic carbocycles. The van der Waals surface area contributed by atoms with E-state index in [-0.39, 0.29) is 6.61 Å². The second-order valence-electron chi connectivity index (χ2n) is 9.36. The predicted octanol–water partition coefficient (Wildman–Crippen LogP) is 4.16. The molecule has 4 rings (SSSR count). The number of benzene rings is 2. The van der Waals surface area contributed by atoms with Crippen LogP contribution in [0.15, 0.2) is 53.4 Å². The molecule has 2 heterocycles. The maximum atomic E-state index is 13.0. The van der Waals surface area contributed by atoms with E-state index < -0.39 is 10.0 Å². The maximum absolute atomic E-state index is 13.0. The monoisotopic (exact) mass is 456 g/mol. The number of nitrogens with zero attached hydrogens (tertiary/aromatic N) is 2. The molecule has 2 aliphatic rings. The van der Waals surface area contributed by atoms with Crippen molar-refractivity contribution in [3.05, 3.63) is 54.1 Å². The van der Waals surface area contributed by atoms with Crippen LogP contribution in [0.5, 0.6) is 0 Å². The van der Waals surface area contributed by atoms with Crippen LogP contribution in [0.1, 0.15) is 44.6 Å². The summed E-state index contributed by atoms with van der Waals surface area (Å²) in [5.41, 5.74) is 3.49. The summed E-state index contributed by atoms with van der Waals surface area (Å²) in [7, 11) is -3.46. The van der Waals surface area contributed by atoms with Crippen LogP contribution in [0.3, 0.4) is 0 Å². The Morgan fingerprint density at radius 3 is 2.09 bits per heavy atom. The van der Waals surface area contributed by atoms with E-state index in [9.17, 15) is 8.42 Å². The normalized spacial score (nSPS) is 21.2. The van der Waals surface area contributed by atoms with Crippen molar-refractivity contribution in [2.45, 2.75) is 56.4 Å². The van der Waals surface area contributed by atoms with Crippen LogP contribution in [-0.4, -0.2) is 61.6 Å². The van der Waals surface area contributed by atoms with Crippen molar-refractivity contribution in [3.63, 3.8) is 0 Å². The van der Waals surface area contributed by atoms with Crippen LogP contribution in [0.4, 0.5) is 0 Å². The van der Waals surface area contributed by atoms with Gasteiger partial charge in [0.2, 0.25) is 10.0 Å². The topological polar surface area (TPSA) is 60.9 Å². The number of aliphatic hydroxyl groups is 1. The minimum Gasteiger partial charge on any atom is -0.396 e. The van der Waals surface area contributed by atoms with Gasteiger partial charge in [-0.25, -0.2) is 8.42 Å². The first-order chi connectivity index (χ1) is 15.5. The molecule has 0 bridgehead atoms. The molecule has 1 atom stereocenters. The van der Waals surface area contributed by atoms with E-state index in [1.54, 1.807) is 16.4 Å². The Bertz CT molecular complexity index is 965. The second kappa shape index (κ2) is 10.5. The van der Waals surface area contributed by atoms with Crippen LogP contribution < -0.4 is 0 Å².